The van der Waals surface area contributed by atoms with E-state index in [1.807, 2.05) is 0 Å². The predicted molar refractivity (Wildman–Crippen MR) is 67.3 cm³/mol. The van der Waals surface area contributed by atoms with Crippen LogP contribution in [-0.2, 0) is 13.1 Å². The number of hydrogen-bond donors (Lipinski definition) is 1. The molecule has 0 bridgehead atoms. The van der Waals surface area contributed by atoms with E-state index in [1.165, 1.54) is 5.56 Å². The molecule has 1 rings (SSSR count). The van der Waals surface area contributed by atoms with Gasteiger partial charge in [-0.2, -0.15) is 0 Å². The van der Waals surface area contributed by atoms with Gasteiger partial charge in [0.05, 0.1) is 12.8 Å². The molecular weight excluding hydrogens is 200 g/mol. The lowest BCUT2D eigenvalue weighted by Gasteiger charge is -2.17. The maximum Gasteiger partial charge on any atom is 0.122 e. The first-order chi connectivity index (χ1) is 7.67. The van der Waals surface area contributed by atoms with Crippen LogP contribution in [0, 0.1) is 0 Å². The molecule has 0 spiro atoms. The molecule has 1 heterocycles. The summed E-state index contributed by atoms with van der Waals surface area (Å²) < 4.78 is 5.55. The minimum Gasteiger partial charge on any atom is -0.468 e. The lowest BCUT2D eigenvalue weighted by atomic mass is 10.2. The van der Waals surface area contributed by atoms with Crippen LogP contribution in [0.5, 0.6) is 0 Å². The van der Waals surface area contributed by atoms with E-state index in [1.54, 1.807) is 6.26 Å². The molecule has 0 aliphatic heterocycles. The van der Waals surface area contributed by atoms with E-state index in [0.717, 1.165) is 31.9 Å². The van der Waals surface area contributed by atoms with E-state index >= 15 is 0 Å². The van der Waals surface area contributed by atoms with E-state index in [2.05, 4.69) is 44.0 Å². The third kappa shape index (κ3) is 3.99. The molecule has 0 aromatic carbocycles. The first-order valence-electron chi connectivity index (χ1n) is 6.18. The molecule has 0 fully saturated rings. The second kappa shape index (κ2) is 6.71. The van der Waals surface area contributed by atoms with Crippen LogP contribution in [0.4, 0.5) is 0 Å². The molecule has 1 aromatic heterocycles. The van der Waals surface area contributed by atoms with Crippen molar-refractivity contribution >= 4 is 0 Å². The molecule has 16 heavy (non-hydrogen) atoms. The van der Waals surface area contributed by atoms with E-state index in [0.29, 0.717) is 6.04 Å². The number of furan rings is 1. The van der Waals surface area contributed by atoms with Gasteiger partial charge in [0, 0.05) is 18.2 Å². The van der Waals surface area contributed by atoms with Gasteiger partial charge in [0.2, 0.25) is 0 Å². The van der Waals surface area contributed by atoms with E-state index in [-0.39, 0.29) is 0 Å². The fourth-order valence-corrected chi connectivity index (χ4v) is 1.63. The summed E-state index contributed by atoms with van der Waals surface area (Å²) >= 11 is 0. The number of nitrogens with zero attached hydrogens (tertiary/aromatic N) is 1. The Kier molecular flexibility index (Phi) is 5.56. The van der Waals surface area contributed by atoms with Gasteiger partial charge in [-0.15, -0.1) is 0 Å². The van der Waals surface area contributed by atoms with Crippen molar-refractivity contribution in [3.05, 3.63) is 23.7 Å². The second-order valence-corrected chi connectivity index (χ2v) is 4.37. The Morgan fingerprint density at radius 1 is 1.31 bits per heavy atom. The van der Waals surface area contributed by atoms with E-state index < -0.39 is 0 Å². The van der Waals surface area contributed by atoms with Crippen LogP contribution in [0.3, 0.4) is 0 Å². The first-order valence-corrected chi connectivity index (χ1v) is 6.18. The van der Waals surface area contributed by atoms with Crippen LogP contribution in [0.25, 0.3) is 0 Å². The third-order valence-corrected chi connectivity index (χ3v) is 2.80. The van der Waals surface area contributed by atoms with Gasteiger partial charge in [-0.1, -0.05) is 27.7 Å². The molecule has 0 saturated carbocycles. The zero-order valence-electron chi connectivity index (χ0n) is 10.9. The van der Waals surface area contributed by atoms with Crippen LogP contribution in [-0.4, -0.2) is 24.0 Å². The molecule has 92 valence electrons. The van der Waals surface area contributed by atoms with Gasteiger partial charge in [0.15, 0.2) is 0 Å². The largest absolute Gasteiger partial charge is 0.468 e. The van der Waals surface area contributed by atoms with Crippen molar-refractivity contribution in [1.82, 2.24) is 10.2 Å². The number of nitrogens with one attached hydrogen (secondary N) is 1. The zero-order valence-corrected chi connectivity index (χ0v) is 10.9. The highest BCUT2D eigenvalue weighted by Crippen LogP contribution is 2.13. The minimum atomic E-state index is 0.510. The molecule has 0 amide bonds. The number of rotatable bonds is 7. The molecule has 3 heteroatoms. The third-order valence-electron chi connectivity index (χ3n) is 2.80. The molecule has 0 radical (unpaired) electrons. The smallest absolute Gasteiger partial charge is 0.122 e. The Morgan fingerprint density at radius 2 is 2.00 bits per heavy atom. The zero-order chi connectivity index (χ0) is 12.0. The van der Waals surface area contributed by atoms with E-state index in [9.17, 15) is 0 Å². The summed E-state index contributed by atoms with van der Waals surface area (Å²) in [6, 6.07) is 2.57. The summed E-state index contributed by atoms with van der Waals surface area (Å²) in [5.41, 5.74) is 1.28. The topological polar surface area (TPSA) is 28.4 Å². The lowest BCUT2D eigenvalue weighted by Crippen LogP contribution is -2.25. The molecule has 0 unspecified atom stereocenters. The summed E-state index contributed by atoms with van der Waals surface area (Å²) in [6.07, 6.45) is 1.79. The Morgan fingerprint density at radius 3 is 2.56 bits per heavy atom. The summed E-state index contributed by atoms with van der Waals surface area (Å²) in [7, 11) is 0. The summed E-state index contributed by atoms with van der Waals surface area (Å²) in [5, 5.41) is 3.42. The SMILES string of the molecule is CCN(CC)Cc1occc1CNC(C)C. The highest BCUT2D eigenvalue weighted by atomic mass is 16.3. The van der Waals surface area contributed by atoms with Crippen molar-refractivity contribution in [3.8, 4) is 0 Å². The van der Waals surface area contributed by atoms with Crippen molar-refractivity contribution in [1.29, 1.82) is 0 Å². The molecule has 1 N–H and O–H groups in total. The van der Waals surface area contributed by atoms with Crippen LogP contribution >= 0.6 is 0 Å². The van der Waals surface area contributed by atoms with Gasteiger partial charge in [0.1, 0.15) is 5.76 Å². The van der Waals surface area contributed by atoms with Gasteiger partial charge in [-0.3, -0.25) is 4.90 Å². The molecule has 0 aliphatic carbocycles. The normalized spacial score (nSPS) is 11.6. The van der Waals surface area contributed by atoms with Crippen LogP contribution in [0.15, 0.2) is 16.7 Å². The average molecular weight is 224 g/mol. The number of hydrogen-bond acceptors (Lipinski definition) is 3. The Bertz CT molecular complexity index is 290. The molecule has 0 saturated heterocycles. The molecule has 1 aromatic rings. The van der Waals surface area contributed by atoms with E-state index in [4.69, 9.17) is 4.42 Å². The maximum absolute atomic E-state index is 5.55. The highest BCUT2D eigenvalue weighted by molar-refractivity contribution is 5.16. The highest BCUT2D eigenvalue weighted by Gasteiger charge is 2.09. The summed E-state index contributed by atoms with van der Waals surface area (Å²) in [5.74, 6) is 1.09. The summed E-state index contributed by atoms with van der Waals surface area (Å²) in [6.45, 7) is 12.6. The molecule has 0 aliphatic rings. The first kappa shape index (κ1) is 13.3. The molecular formula is C13H24N2O. The second-order valence-electron chi connectivity index (χ2n) is 4.37. The maximum atomic E-state index is 5.55. The fraction of sp³-hybridized carbons (Fsp3) is 0.692. The van der Waals surface area contributed by atoms with Gasteiger partial charge >= 0.3 is 0 Å². The Balaban J connectivity index is 2.55. The standard InChI is InChI=1S/C13H24N2O/c1-5-15(6-2)10-13-12(7-8-16-13)9-14-11(3)4/h7-8,11,14H,5-6,9-10H2,1-4H3. The predicted octanol–water partition coefficient (Wildman–Crippen LogP) is 2.62. The van der Waals surface area contributed by atoms with Gasteiger partial charge in [0.25, 0.3) is 0 Å². The molecule has 0 atom stereocenters. The molecule has 3 nitrogen and oxygen atoms in total. The Labute approximate surface area is 98.8 Å². The Hall–Kier alpha value is -0.800. The van der Waals surface area contributed by atoms with Crippen molar-refractivity contribution in [2.45, 2.75) is 46.8 Å². The van der Waals surface area contributed by atoms with Gasteiger partial charge < -0.3 is 9.73 Å². The van der Waals surface area contributed by atoms with Crippen molar-refractivity contribution in [3.63, 3.8) is 0 Å². The van der Waals surface area contributed by atoms with Crippen molar-refractivity contribution in [2.75, 3.05) is 13.1 Å². The van der Waals surface area contributed by atoms with Crippen molar-refractivity contribution in [2.24, 2.45) is 0 Å². The van der Waals surface area contributed by atoms with Crippen LogP contribution in [0.2, 0.25) is 0 Å². The van der Waals surface area contributed by atoms with Gasteiger partial charge in [-0.05, 0) is 19.2 Å². The average Bonchev–Trinajstić information content (AvgIpc) is 2.70. The fourth-order valence-electron chi connectivity index (χ4n) is 1.63. The monoisotopic (exact) mass is 224 g/mol. The van der Waals surface area contributed by atoms with Crippen LogP contribution in [0.1, 0.15) is 39.0 Å². The minimum absolute atomic E-state index is 0.510. The lowest BCUT2D eigenvalue weighted by molar-refractivity contribution is 0.267. The van der Waals surface area contributed by atoms with Crippen LogP contribution < -0.4 is 5.32 Å². The summed E-state index contributed by atoms with van der Waals surface area (Å²) in [4.78, 5) is 2.36. The van der Waals surface area contributed by atoms with Gasteiger partial charge in [-0.25, -0.2) is 0 Å². The quantitative estimate of drug-likeness (QED) is 0.771. The van der Waals surface area contributed by atoms with Crippen molar-refractivity contribution < 1.29 is 4.42 Å².